The standard InChI is InChI=1S/C16H22N4O3/c1-10(14-5-4-7-22-14)18-16(21)19-13-6-8-23-15(13)12-9-17-20(3)11(12)2/h4-5,7,9-10,13,15H,6,8H2,1-3H3,(H2,18,19,21)/t10-,13+,15-/m1/s1. The number of rotatable bonds is 4. The monoisotopic (exact) mass is 318 g/mol. The Balaban J connectivity index is 1.62. The van der Waals surface area contributed by atoms with Gasteiger partial charge in [-0.25, -0.2) is 4.79 Å². The molecular weight excluding hydrogens is 296 g/mol. The van der Waals surface area contributed by atoms with E-state index < -0.39 is 0 Å². The molecule has 0 aliphatic carbocycles. The lowest BCUT2D eigenvalue weighted by Gasteiger charge is -2.21. The zero-order valence-electron chi connectivity index (χ0n) is 13.6. The molecule has 2 aromatic rings. The maximum atomic E-state index is 12.2. The summed E-state index contributed by atoms with van der Waals surface area (Å²) in [5, 5.41) is 10.1. The maximum Gasteiger partial charge on any atom is 0.315 e. The molecule has 23 heavy (non-hydrogen) atoms. The van der Waals surface area contributed by atoms with Gasteiger partial charge in [0, 0.05) is 24.9 Å². The summed E-state index contributed by atoms with van der Waals surface area (Å²) in [6, 6.07) is 3.16. The highest BCUT2D eigenvalue weighted by Gasteiger charge is 2.33. The van der Waals surface area contributed by atoms with Gasteiger partial charge in [-0.2, -0.15) is 5.10 Å². The molecule has 1 fully saturated rings. The average Bonchev–Trinajstić information content (AvgIpc) is 3.23. The zero-order valence-corrected chi connectivity index (χ0v) is 13.6. The van der Waals surface area contributed by atoms with Crippen LogP contribution in [-0.4, -0.2) is 28.5 Å². The fourth-order valence-electron chi connectivity index (χ4n) is 2.85. The second kappa shape index (κ2) is 6.45. The molecule has 1 aliphatic rings. The fourth-order valence-corrected chi connectivity index (χ4v) is 2.85. The minimum absolute atomic E-state index is 0.0679. The number of amides is 2. The Morgan fingerprint density at radius 3 is 3.00 bits per heavy atom. The molecule has 0 radical (unpaired) electrons. The normalized spacial score (nSPS) is 22.0. The number of nitrogens with one attached hydrogen (secondary N) is 2. The van der Waals surface area contributed by atoms with Crippen molar-refractivity contribution in [2.75, 3.05) is 6.61 Å². The number of carbonyl (C=O) groups excluding carboxylic acids is 1. The van der Waals surface area contributed by atoms with Crippen LogP contribution in [0.25, 0.3) is 0 Å². The van der Waals surface area contributed by atoms with E-state index in [4.69, 9.17) is 9.15 Å². The topological polar surface area (TPSA) is 81.3 Å². The van der Waals surface area contributed by atoms with Crippen molar-refractivity contribution in [3.63, 3.8) is 0 Å². The second-order valence-electron chi connectivity index (χ2n) is 5.85. The predicted octanol–water partition coefficient (Wildman–Crippen LogP) is 2.21. The zero-order chi connectivity index (χ0) is 16.4. The number of aryl methyl sites for hydroxylation is 1. The maximum absolute atomic E-state index is 12.2. The van der Waals surface area contributed by atoms with Crippen molar-refractivity contribution >= 4 is 6.03 Å². The van der Waals surface area contributed by atoms with Crippen LogP contribution < -0.4 is 10.6 Å². The van der Waals surface area contributed by atoms with Gasteiger partial charge in [-0.1, -0.05) is 0 Å². The van der Waals surface area contributed by atoms with E-state index in [-0.39, 0.29) is 24.2 Å². The van der Waals surface area contributed by atoms with E-state index >= 15 is 0 Å². The lowest BCUT2D eigenvalue weighted by atomic mass is 10.0. The third kappa shape index (κ3) is 3.24. The Hall–Kier alpha value is -2.28. The Morgan fingerprint density at radius 1 is 1.52 bits per heavy atom. The minimum Gasteiger partial charge on any atom is -0.467 e. The Bertz CT molecular complexity index is 665. The van der Waals surface area contributed by atoms with Gasteiger partial charge in [0.05, 0.1) is 24.5 Å². The number of nitrogens with zero attached hydrogens (tertiary/aromatic N) is 2. The van der Waals surface area contributed by atoms with Crippen LogP contribution in [0.2, 0.25) is 0 Å². The van der Waals surface area contributed by atoms with Gasteiger partial charge in [0.25, 0.3) is 0 Å². The largest absolute Gasteiger partial charge is 0.467 e. The predicted molar refractivity (Wildman–Crippen MR) is 83.8 cm³/mol. The van der Waals surface area contributed by atoms with E-state index in [0.717, 1.165) is 23.4 Å². The summed E-state index contributed by atoms with van der Waals surface area (Å²) in [4.78, 5) is 12.2. The molecule has 0 aromatic carbocycles. The summed E-state index contributed by atoms with van der Waals surface area (Å²) >= 11 is 0. The molecule has 3 heterocycles. The summed E-state index contributed by atoms with van der Waals surface area (Å²) in [5.41, 5.74) is 2.07. The van der Waals surface area contributed by atoms with Gasteiger partial charge in [0.1, 0.15) is 11.9 Å². The third-order valence-corrected chi connectivity index (χ3v) is 4.31. The van der Waals surface area contributed by atoms with Crippen LogP contribution in [0.15, 0.2) is 29.0 Å². The molecule has 0 bridgehead atoms. The summed E-state index contributed by atoms with van der Waals surface area (Å²) < 4.78 is 12.9. The van der Waals surface area contributed by atoms with E-state index in [1.54, 1.807) is 12.3 Å². The first-order chi connectivity index (χ1) is 11.1. The highest BCUT2D eigenvalue weighted by atomic mass is 16.5. The highest BCUT2D eigenvalue weighted by molar-refractivity contribution is 5.74. The van der Waals surface area contributed by atoms with Crippen LogP contribution in [-0.2, 0) is 11.8 Å². The van der Waals surface area contributed by atoms with Crippen molar-refractivity contribution in [2.24, 2.45) is 7.05 Å². The van der Waals surface area contributed by atoms with Gasteiger partial charge >= 0.3 is 6.03 Å². The number of hydrogen-bond acceptors (Lipinski definition) is 4. The van der Waals surface area contributed by atoms with Crippen molar-refractivity contribution in [2.45, 2.75) is 38.5 Å². The van der Waals surface area contributed by atoms with Crippen LogP contribution in [0.1, 0.15) is 42.5 Å². The number of carbonyl (C=O) groups is 1. The first kappa shape index (κ1) is 15.6. The smallest absolute Gasteiger partial charge is 0.315 e. The molecule has 1 saturated heterocycles. The van der Waals surface area contributed by atoms with Crippen LogP contribution in [0, 0.1) is 6.92 Å². The number of urea groups is 1. The van der Waals surface area contributed by atoms with Crippen molar-refractivity contribution in [3.8, 4) is 0 Å². The van der Waals surface area contributed by atoms with Crippen LogP contribution in [0.3, 0.4) is 0 Å². The number of furan rings is 1. The highest BCUT2D eigenvalue weighted by Crippen LogP contribution is 2.30. The number of hydrogen-bond donors (Lipinski definition) is 2. The van der Waals surface area contributed by atoms with E-state index in [9.17, 15) is 4.79 Å². The molecule has 124 valence electrons. The van der Waals surface area contributed by atoms with Gasteiger partial charge in [-0.05, 0) is 32.4 Å². The first-order valence-electron chi connectivity index (χ1n) is 7.76. The van der Waals surface area contributed by atoms with Crippen LogP contribution in [0.5, 0.6) is 0 Å². The van der Waals surface area contributed by atoms with E-state index in [1.807, 2.05) is 37.8 Å². The molecule has 3 atom stereocenters. The van der Waals surface area contributed by atoms with Crippen LogP contribution in [0.4, 0.5) is 4.79 Å². The first-order valence-corrected chi connectivity index (χ1v) is 7.76. The average molecular weight is 318 g/mol. The van der Waals surface area contributed by atoms with Crippen molar-refractivity contribution in [1.82, 2.24) is 20.4 Å². The van der Waals surface area contributed by atoms with Crippen LogP contribution >= 0.6 is 0 Å². The van der Waals surface area contributed by atoms with Gasteiger partial charge < -0.3 is 19.8 Å². The molecular formula is C16H22N4O3. The Morgan fingerprint density at radius 2 is 2.35 bits per heavy atom. The molecule has 1 aliphatic heterocycles. The van der Waals surface area contributed by atoms with Gasteiger partial charge in [-0.15, -0.1) is 0 Å². The lowest BCUT2D eigenvalue weighted by Crippen LogP contribution is -2.44. The molecule has 0 spiro atoms. The number of aromatic nitrogens is 2. The molecule has 0 unspecified atom stereocenters. The van der Waals surface area contributed by atoms with Gasteiger partial charge in [0.2, 0.25) is 0 Å². The molecule has 2 amide bonds. The minimum atomic E-state index is -0.226. The molecule has 7 nitrogen and oxygen atoms in total. The van der Waals surface area contributed by atoms with E-state index in [0.29, 0.717) is 6.61 Å². The Kier molecular flexibility index (Phi) is 4.38. The summed E-state index contributed by atoms with van der Waals surface area (Å²) in [7, 11) is 1.90. The quantitative estimate of drug-likeness (QED) is 0.905. The van der Waals surface area contributed by atoms with Crippen molar-refractivity contribution in [3.05, 3.63) is 41.6 Å². The molecule has 0 saturated carbocycles. The van der Waals surface area contributed by atoms with Gasteiger partial charge in [0.15, 0.2) is 0 Å². The third-order valence-electron chi connectivity index (χ3n) is 4.31. The molecule has 3 rings (SSSR count). The molecule has 2 N–H and O–H groups in total. The van der Waals surface area contributed by atoms with Crippen molar-refractivity contribution < 1.29 is 13.9 Å². The fraction of sp³-hybridized carbons (Fsp3) is 0.500. The van der Waals surface area contributed by atoms with Gasteiger partial charge in [-0.3, -0.25) is 4.68 Å². The molecule has 7 heteroatoms. The second-order valence-corrected chi connectivity index (χ2v) is 5.85. The lowest BCUT2D eigenvalue weighted by molar-refractivity contribution is 0.0992. The summed E-state index contributed by atoms with van der Waals surface area (Å²) in [6.45, 7) is 4.50. The number of ether oxygens (including phenoxy) is 1. The SMILES string of the molecule is Cc1c([C@H]2OCC[C@@H]2NC(=O)N[C@H](C)c2ccco2)cnn1C. The summed E-state index contributed by atoms with van der Waals surface area (Å²) in [6.07, 6.45) is 4.02. The Labute approximate surface area is 135 Å². The van der Waals surface area contributed by atoms with E-state index in [2.05, 4.69) is 15.7 Å². The molecule has 2 aromatic heterocycles. The van der Waals surface area contributed by atoms with E-state index in [1.165, 1.54) is 0 Å². The van der Waals surface area contributed by atoms with Crippen molar-refractivity contribution in [1.29, 1.82) is 0 Å². The summed E-state index contributed by atoms with van der Waals surface area (Å²) in [5.74, 6) is 0.725.